The predicted octanol–water partition coefficient (Wildman–Crippen LogP) is 0.933. The van der Waals surface area contributed by atoms with Gasteiger partial charge in [0.05, 0.1) is 11.4 Å². The Labute approximate surface area is 119 Å². The summed E-state index contributed by atoms with van der Waals surface area (Å²) in [5.74, 6) is -0.677. The number of benzene rings is 1. The number of thiazole rings is 1. The summed E-state index contributed by atoms with van der Waals surface area (Å²) in [5.41, 5.74) is 11.6. The number of sulfonamides is 1. The van der Waals surface area contributed by atoms with Crippen molar-refractivity contribution in [1.29, 1.82) is 0 Å². The number of nitrogen functional groups attached to an aromatic ring is 1. The van der Waals surface area contributed by atoms with Gasteiger partial charge in [-0.1, -0.05) is 0 Å². The zero-order valence-corrected chi connectivity index (χ0v) is 12.1. The molecule has 1 heterocycles. The van der Waals surface area contributed by atoms with Gasteiger partial charge in [-0.15, -0.1) is 11.3 Å². The van der Waals surface area contributed by atoms with Crippen molar-refractivity contribution in [2.45, 2.75) is 11.8 Å². The first-order valence-corrected chi connectivity index (χ1v) is 7.80. The minimum absolute atomic E-state index is 0.0536. The largest absolute Gasteiger partial charge is 0.398 e. The Morgan fingerprint density at radius 2 is 2.10 bits per heavy atom. The molecule has 2 rings (SSSR count). The molecule has 1 aromatic carbocycles. The number of primary amides is 1. The number of amides is 1. The average Bonchev–Trinajstić information content (AvgIpc) is 2.73. The lowest BCUT2D eigenvalue weighted by Gasteiger charge is -2.08. The van der Waals surface area contributed by atoms with Crippen molar-refractivity contribution in [3.8, 4) is 0 Å². The fourth-order valence-electron chi connectivity index (χ4n) is 1.52. The van der Waals surface area contributed by atoms with Crippen LogP contribution in [0.25, 0.3) is 0 Å². The van der Waals surface area contributed by atoms with Crippen LogP contribution in [0.15, 0.2) is 28.5 Å². The molecule has 0 aliphatic carbocycles. The van der Waals surface area contributed by atoms with E-state index < -0.39 is 15.9 Å². The van der Waals surface area contributed by atoms with Gasteiger partial charge in [0.2, 0.25) is 5.91 Å². The lowest BCUT2D eigenvalue weighted by molar-refractivity contribution is 0.1000. The van der Waals surface area contributed by atoms with E-state index in [1.165, 1.54) is 29.5 Å². The summed E-state index contributed by atoms with van der Waals surface area (Å²) < 4.78 is 26.7. The molecule has 5 N–H and O–H groups in total. The maximum Gasteiger partial charge on any atom is 0.265 e. The third kappa shape index (κ3) is 2.89. The lowest BCUT2D eigenvalue weighted by atomic mass is 10.2. The summed E-state index contributed by atoms with van der Waals surface area (Å²) in [7, 11) is -3.85. The van der Waals surface area contributed by atoms with Gasteiger partial charge in [-0.3, -0.25) is 9.52 Å². The standard InChI is InChI=1S/C11H12N4O3S2/c1-6-5-19-11(14-6)15-20(17,18)9-3-2-7(10(13)16)4-8(9)12/h2-5H,12H2,1H3,(H2,13,16)(H,14,15). The van der Waals surface area contributed by atoms with E-state index in [1.807, 2.05) is 0 Å². The van der Waals surface area contributed by atoms with Crippen molar-refractivity contribution in [1.82, 2.24) is 4.98 Å². The first-order valence-electron chi connectivity index (χ1n) is 5.44. The number of carbonyl (C=O) groups excluding carboxylic acids is 1. The van der Waals surface area contributed by atoms with E-state index in [-0.39, 0.29) is 21.3 Å². The van der Waals surface area contributed by atoms with Crippen molar-refractivity contribution < 1.29 is 13.2 Å². The molecule has 1 amide bonds. The fourth-order valence-corrected chi connectivity index (χ4v) is 3.57. The highest BCUT2D eigenvalue weighted by Crippen LogP contribution is 2.24. The summed E-state index contributed by atoms with van der Waals surface area (Å²) in [5, 5.41) is 1.97. The van der Waals surface area contributed by atoms with E-state index in [2.05, 4.69) is 9.71 Å². The van der Waals surface area contributed by atoms with Crippen molar-refractivity contribution in [2.75, 3.05) is 10.5 Å². The molecule has 0 saturated heterocycles. The molecule has 0 radical (unpaired) electrons. The second kappa shape index (κ2) is 5.10. The van der Waals surface area contributed by atoms with Crippen molar-refractivity contribution in [2.24, 2.45) is 5.73 Å². The zero-order chi connectivity index (χ0) is 14.9. The van der Waals surface area contributed by atoms with E-state index in [9.17, 15) is 13.2 Å². The van der Waals surface area contributed by atoms with Gasteiger partial charge in [-0.2, -0.15) is 0 Å². The van der Waals surface area contributed by atoms with Crippen LogP contribution in [0.3, 0.4) is 0 Å². The molecular weight excluding hydrogens is 300 g/mol. The highest BCUT2D eigenvalue weighted by molar-refractivity contribution is 7.93. The number of nitrogens with two attached hydrogens (primary N) is 2. The molecule has 0 aliphatic heterocycles. The van der Waals surface area contributed by atoms with E-state index in [0.717, 1.165) is 0 Å². The number of aromatic nitrogens is 1. The second-order valence-corrected chi connectivity index (χ2v) is 6.53. The van der Waals surface area contributed by atoms with Gasteiger partial charge in [-0.05, 0) is 25.1 Å². The molecule has 20 heavy (non-hydrogen) atoms. The van der Waals surface area contributed by atoms with E-state index >= 15 is 0 Å². The summed E-state index contributed by atoms with van der Waals surface area (Å²) in [6.07, 6.45) is 0. The average molecular weight is 312 g/mol. The molecule has 9 heteroatoms. The first-order chi connectivity index (χ1) is 9.29. The first kappa shape index (κ1) is 14.3. The smallest absolute Gasteiger partial charge is 0.265 e. The SMILES string of the molecule is Cc1csc(NS(=O)(=O)c2ccc(C(N)=O)cc2N)n1. The highest BCUT2D eigenvalue weighted by Gasteiger charge is 2.19. The van der Waals surface area contributed by atoms with Crippen LogP contribution >= 0.6 is 11.3 Å². The molecule has 1 aromatic heterocycles. The number of hydrogen-bond acceptors (Lipinski definition) is 6. The van der Waals surface area contributed by atoms with Crippen LogP contribution in [0.2, 0.25) is 0 Å². The van der Waals surface area contributed by atoms with Gasteiger partial charge in [-0.25, -0.2) is 13.4 Å². The van der Waals surface area contributed by atoms with Gasteiger partial charge in [0.1, 0.15) is 4.90 Å². The third-order valence-corrected chi connectivity index (χ3v) is 4.84. The van der Waals surface area contributed by atoms with Crippen molar-refractivity contribution in [3.63, 3.8) is 0 Å². The lowest BCUT2D eigenvalue weighted by Crippen LogP contribution is -2.16. The van der Waals surface area contributed by atoms with Crippen LogP contribution in [0.5, 0.6) is 0 Å². The molecule has 0 aliphatic rings. The minimum Gasteiger partial charge on any atom is -0.398 e. The van der Waals surface area contributed by atoms with Crippen LogP contribution in [0.4, 0.5) is 10.8 Å². The van der Waals surface area contributed by atoms with Crippen LogP contribution in [-0.2, 0) is 10.0 Å². The zero-order valence-electron chi connectivity index (χ0n) is 10.5. The van der Waals surface area contributed by atoms with Crippen molar-refractivity contribution in [3.05, 3.63) is 34.8 Å². The third-order valence-electron chi connectivity index (χ3n) is 2.42. The normalized spacial score (nSPS) is 11.2. The Hall–Kier alpha value is -2.13. The Balaban J connectivity index is 2.37. The van der Waals surface area contributed by atoms with E-state index in [0.29, 0.717) is 5.69 Å². The maximum atomic E-state index is 12.2. The van der Waals surface area contributed by atoms with Crippen LogP contribution < -0.4 is 16.2 Å². The van der Waals surface area contributed by atoms with Crippen LogP contribution in [-0.4, -0.2) is 19.3 Å². The molecule has 106 valence electrons. The molecule has 0 saturated carbocycles. The summed E-state index contributed by atoms with van der Waals surface area (Å²) >= 11 is 1.17. The minimum atomic E-state index is -3.85. The fraction of sp³-hybridized carbons (Fsp3) is 0.0909. The number of hydrogen-bond donors (Lipinski definition) is 3. The summed E-state index contributed by atoms with van der Waals surface area (Å²) in [6, 6.07) is 3.77. The molecule has 2 aromatic rings. The Bertz CT molecular complexity index is 768. The Morgan fingerprint density at radius 1 is 1.40 bits per heavy atom. The van der Waals surface area contributed by atoms with Gasteiger partial charge >= 0.3 is 0 Å². The number of rotatable bonds is 4. The summed E-state index contributed by atoms with van der Waals surface area (Å²) in [4.78, 5) is 14.9. The van der Waals surface area contributed by atoms with E-state index in [1.54, 1.807) is 12.3 Å². The second-order valence-electron chi connectivity index (χ2n) is 4.02. The molecule has 0 unspecified atom stereocenters. The number of nitrogens with zero attached hydrogens (tertiary/aromatic N) is 1. The van der Waals surface area contributed by atoms with Gasteiger partial charge < -0.3 is 11.5 Å². The van der Waals surface area contributed by atoms with Crippen LogP contribution in [0, 0.1) is 6.92 Å². The monoisotopic (exact) mass is 312 g/mol. The van der Waals surface area contributed by atoms with Crippen molar-refractivity contribution >= 4 is 38.1 Å². The number of anilines is 2. The molecule has 7 nitrogen and oxygen atoms in total. The van der Waals surface area contributed by atoms with Crippen LogP contribution in [0.1, 0.15) is 16.1 Å². The van der Waals surface area contributed by atoms with Gasteiger partial charge in [0.25, 0.3) is 10.0 Å². The molecule has 0 fully saturated rings. The van der Waals surface area contributed by atoms with Gasteiger partial charge in [0, 0.05) is 10.9 Å². The molecular formula is C11H12N4O3S2. The molecule has 0 spiro atoms. The number of aryl methyl sites for hydroxylation is 1. The number of carbonyl (C=O) groups is 1. The quantitative estimate of drug-likeness (QED) is 0.723. The highest BCUT2D eigenvalue weighted by atomic mass is 32.2. The van der Waals surface area contributed by atoms with Gasteiger partial charge in [0.15, 0.2) is 5.13 Å². The molecule has 0 bridgehead atoms. The maximum absolute atomic E-state index is 12.2. The predicted molar refractivity (Wildman–Crippen MR) is 77.0 cm³/mol. The summed E-state index contributed by atoms with van der Waals surface area (Å²) in [6.45, 7) is 1.75. The Kier molecular flexibility index (Phi) is 3.64. The Morgan fingerprint density at radius 3 is 2.60 bits per heavy atom. The number of nitrogens with one attached hydrogen (secondary N) is 1. The molecule has 0 atom stereocenters. The topological polar surface area (TPSA) is 128 Å². The van der Waals surface area contributed by atoms with E-state index in [4.69, 9.17) is 11.5 Å².